The van der Waals surface area contributed by atoms with E-state index in [1.807, 2.05) is 0 Å². The number of aliphatic hydroxyl groups is 1. The summed E-state index contributed by atoms with van der Waals surface area (Å²) >= 11 is 0. The predicted octanol–water partition coefficient (Wildman–Crippen LogP) is 1.74. The van der Waals surface area contributed by atoms with Gasteiger partial charge in [-0.25, -0.2) is 0 Å². The van der Waals surface area contributed by atoms with Crippen molar-refractivity contribution in [2.45, 2.75) is 32.8 Å². The molecule has 1 aliphatic heterocycles. The smallest absolute Gasteiger partial charge is 0.320 e. The molecule has 0 saturated heterocycles. The monoisotopic (exact) mass is 269 g/mol. The lowest BCUT2D eigenvalue weighted by Crippen LogP contribution is -2.36. The van der Waals surface area contributed by atoms with E-state index in [1.165, 1.54) is 13.2 Å². The summed E-state index contributed by atoms with van der Waals surface area (Å²) in [6.07, 6.45) is 0. The van der Waals surface area contributed by atoms with Crippen molar-refractivity contribution in [1.29, 1.82) is 0 Å². The minimum atomic E-state index is -0.890. The first kappa shape index (κ1) is 13.6. The molecule has 0 radical (unpaired) electrons. The number of aliphatic hydroxyl groups excluding tert-OH is 1. The van der Waals surface area contributed by atoms with E-state index < -0.39 is 10.7 Å². The van der Waals surface area contributed by atoms with Crippen LogP contribution in [0.2, 0.25) is 0 Å². The van der Waals surface area contributed by atoms with E-state index in [0.29, 0.717) is 11.3 Å². The zero-order valence-electron chi connectivity index (χ0n) is 10.9. The number of ether oxygens (including phenoxy) is 3. The molecule has 0 aromatic heterocycles. The van der Waals surface area contributed by atoms with Crippen molar-refractivity contribution in [2.24, 2.45) is 0 Å². The van der Waals surface area contributed by atoms with E-state index in [2.05, 4.69) is 0 Å². The Bertz CT molecular complexity index is 525. The number of hydrogen-bond acceptors (Lipinski definition) is 6. The lowest BCUT2D eigenvalue weighted by atomic mass is 10.0. The van der Waals surface area contributed by atoms with Crippen molar-refractivity contribution >= 4 is 5.69 Å². The standard InChI is InChI=1S/C12H15NO6/c1-12(2)18-6-8-10(13(15)16)9(17-3)4-7(5-14)11(8)19-12/h4,14H,5-6H2,1-3H3. The van der Waals surface area contributed by atoms with Crippen molar-refractivity contribution < 1.29 is 24.2 Å². The lowest BCUT2D eigenvalue weighted by Gasteiger charge is -2.33. The number of nitro benzene ring substituents is 1. The average Bonchev–Trinajstić information content (AvgIpc) is 2.35. The van der Waals surface area contributed by atoms with Gasteiger partial charge in [0.05, 0.1) is 25.2 Å². The van der Waals surface area contributed by atoms with Crippen molar-refractivity contribution in [3.63, 3.8) is 0 Å². The Labute approximate surface area is 109 Å². The number of benzene rings is 1. The van der Waals surface area contributed by atoms with Crippen molar-refractivity contribution in [3.8, 4) is 11.5 Å². The molecule has 0 saturated carbocycles. The lowest BCUT2D eigenvalue weighted by molar-refractivity contribution is -0.387. The van der Waals surface area contributed by atoms with Crippen molar-refractivity contribution in [2.75, 3.05) is 7.11 Å². The molecule has 19 heavy (non-hydrogen) atoms. The quantitative estimate of drug-likeness (QED) is 0.663. The zero-order valence-corrected chi connectivity index (χ0v) is 10.9. The summed E-state index contributed by atoms with van der Waals surface area (Å²) in [4.78, 5) is 10.6. The van der Waals surface area contributed by atoms with Gasteiger partial charge in [0.2, 0.25) is 5.79 Å². The molecule has 104 valence electrons. The Kier molecular flexibility index (Phi) is 3.34. The van der Waals surface area contributed by atoms with Crippen LogP contribution in [0.5, 0.6) is 11.5 Å². The highest BCUT2D eigenvalue weighted by molar-refractivity contribution is 5.62. The van der Waals surface area contributed by atoms with Crippen LogP contribution < -0.4 is 9.47 Å². The molecule has 0 unspecified atom stereocenters. The number of nitrogens with zero attached hydrogens (tertiary/aromatic N) is 1. The zero-order chi connectivity index (χ0) is 14.2. The van der Waals surface area contributed by atoms with Gasteiger partial charge in [-0.2, -0.15) is 0 Å². The first-order chi connectivity index (χ1) is 8.89. The highest BCUT2D eigenvalue weighted by Crippen LogP contribution is 2.44. The van der Waals surface area contributed by atoms with Crippen LogP contribution in [0.15, 0.2) is 6.07 Å². The summed E-state index contributed by atoms with van der Waals surface area (Å²) < 4.78 is 16.0. The normalized spacial score (nSPS) is 16.4. The van der Waals surface area contributed by atoms with E-state index in [9.17, 15) is 15.2 Å². The van der Waals surface area contributed by atoms with Crippen LogP contribution in [-0.2, 0) is 18.0 Å². The van der Waals surface area contributed by atoms with E-state index in [4.69, 9.17) is 14.2 Å². The van der Waals surface area contributed by atoms with Crippen LogP contribution in [0.3, 0.4) is 0 Å². The fraction of sp³-hybridized carbons (Fsp3) is 0.500. The summed E-state index contributed by atoms with van der Waals surface area (Å²) in [5, 5.41) is 20.5. The van der Waals surface area contributed by atoms with Gasteiger partial charge in [-0.15, -0.1) is 0 Å². The molecule has 1 aliphatic rings. The molecule has 0 bridgehead atoms. The maximum absolute atomic E-state index is 11.2. The Morgan fingerprint density at radius 1 is 1.58 bits per heavy atom. The average molecular weight is 269 g/mol. The minimum Gasteiger partial charge on any atom is -0.490 e. The molecule has 7 nitrogen and oxygen atoms in total. The van der Waals surface area contributed by atoms with Gasteiger partial charge in [-0.3, -0.25) is 10.1 Å². The van der Waals surface area contributed by atoms with E-state index in [0.717, 1.165) is 0 Å². The van der Waals surface area contributed by atoms with Gasteiger partial charge in [0.1, 0.15) is 11.3 Å². The van der Waals surface area contributed by atoms with Crippen molar-refractivity contribution in [1.82, 2.24) is 0 Å². The van der Waals surface area contributed by atoms with Crippen LogP contribution >= 0.6 is 0 Å². The SMILES string of the molecule is COc1cc(CO)c2c(c1[N+](=O)[O-])COC(C)(C)O2. The molecule has 0 amide bonds. The van der Waals surface area contributed by atoms with Crippen LogP contribution in [-0.4, -0.2) is 22.9 Å². The summed E-state index contributed by atoms with van der Waals surface area (Å²) in [7, 11) is 1.34. The number of rotatable bonds is 3. The Hall–Kier alpha value is -1.86. The van der Waals surface area contributed by atoms with Gasteiger partial charge >= 0.3 is 5.69 Å². The highest BCUT2D eigenvalue weighted by atomic mass is 16.7. The van der Waals surface area contributed by atoms with Gasteiger partial charge < -0.3 is 19.3 Å². The molecular weight excluding hydrogens is 254 g/mol. The molecule has 2 rings (SSSR count). The van der Waals surface area contributed by atoms with Crippen LogP contribution in [0.4, 0.5) is 5.69 Å². The van der Waals surface area contributed by atoms with E-state index >= 15 is 0 Å². The van der Waals surface area contributed by atoms with Gasteiger partial charge in [0, 0.05) is 19.4 Å². The molecule has 0 atom stereocenters. The van der Waals surface area contributed by atoms with Gasteiger partial charge in [0.15, 0.2) is 5.75 Å². The van der Waals surface area contributed by atoms with Crippen LogP contribution in [0.25, 0.3) is 0 Å². The first-order valence-corrected chi connectivity index (χ1v) is 5.70. The molecule has 7 heteroatoms. The molecule has 1 aromatic carbocycles. The third-order valence-corrected chi connectivity index (χ3v) is 2.88. The second-order valence-corrected chi connectivity index (χ2v) is 4.60. The minimum absolute atomic E-state index is 0.0306. The van der Waals surface area contributed by atoms with Gasteiger partial charge in [0.25, 0.3) is 0 Å². The fourth-order valence-corrected chi connectivity index (χ4v) is 2.00. The second kappa shape index (κ2) is 4.67. The van der Waals surface area contributed by atoms with Gasteiger partial charge in [-0.1, -0.05) is 0 Å². The van der Waals surface area contributed by atoms with E-state index in [1.54, 1.807) is 13.8 Å². The topological polar surface area (TPSA) is 91.1 Å². The fourth-order valence-electron chi connectivity index (χ4n) is 2.00. The third kappa shape index (κ3) is 2.34. The molecule has 1 heterocycles. The third-order valence-electron chi connectivity index (χ3n) is 2.88. The van der Waals surface area contributed by atoms with Gasteiger partial charge in [-0.05, 0) is 6.07 Å². The van der Waals surface area contributed by atoms with Crippen molar-refractivity contribution in [3.05, 3.63) is 27.3 Å². The summed E-state index contributed by atoms with van der Waals surface area (Å²) in [6.45, 7) is 3.13. The van der Waals surface area contributed by atoms with Crippen LogP contribution in [0.1, 0.15) is 25.0 Å². The molecular formula is C12H15NO6. The Morgan fingerprint density at radius 2 is 2.26 bits per heavy atom. The second-order valence-electron chi connectivity index (χ2n) is 4.60. The number of nitro groups is 1. The summed E-state index contributed by atoms with van der Waals surface area (Å²) in [5.74, 6) is -0.509. The Morgan fingerprint density at radius 3 is 2.79 bits per heavy atom. The summed E-state index contributed by atoms with van der Waals surface area (Å²) in [6, 6.07) is 1.42. The predicted molar refractivity (Wildman–Crippen MR) is 65.1 cm³/mol. The molecule has 0 spiro atoms. The maximum Gasteiger partial charge on any atom is 0.320 e. The number of fused-ring (bicyclic) bond motifs is 1. The first-order valence-electron chi connectivity index (χ1n) is 5.70. The molecule has 1 N–H and O–H groups in total. The highest BCUT2D eigenvalue weighted by Gasteiger charge is 2.36. The molecule has 0 fully saturated rings. The largest absolute Gasteiger partial charge is 0.490 e. The van der Waals surface area contributed by atoms with Crippen LogP contribution in [0, 0.1) is 10.1 Å². The maximum atomic E-state index is 11.2. The van der Waals surface area contributed by atoms with E-state index in [-0.39, 0.29) is 30.2 Å². The summed E-state index contributed by atoms with van der Waals surface area (Å²) in [5.41, 5.74) is 0.534. The molecule has 0 aliphatic carbocycles. The molecule has 1 aromatic rings. The number of methoxy groups -OCH3 is 1. The number of hydrogen-bond donors (Lipinski definition) is 1. The Balaban J connectivity index is 2.68.